The van der Waals surface area contributed by atoms with E-state index in [1.54, 1.807) is 6.92 Å². The molecule has 1 saturated heterocycles. The summed E-state index contributed by atoms with van der Waals surface area (Å²) in [6, 6.07) is 10.6. The van der Waals surface area contributed by atoms with Gasteiger partial charge in [-0.3, -0.25) is 9.59 Å². The van der Waals surface area contributed by atoms with E-state index >= 15 is 0 Å². The highest BCUT2D eigenvalue weighted by Gasteiger charge is 2.19. The Balaban J connectivity index is 1.65. The fourth-order valence-electron chi connectivity index (χ4n) is 3.12. The van der Waals surface area contributed by atoms with E-state index in [9.17, 15) is 9.59 Å². The van der Waals surface area contributed by atoms with E-state index in [-0.39, 0.29) is 21.9 Å². The maximum absolute atomic E-state index is 12.5. The molecule has 0 unspecified atom stereocenters. The van der Waals surface area contributed by atoms with Crippen molar-refractivity contribution in [3.63, 3.8) is 0 Å². The highest BCUT2D eigenvalue weighted by atomic mass is 35.5. The number of amides is 2. The van der Waals surface area contributed by atoms with Crippen LogP contribution in [-0.2, 0) is 4.79 Å². The van der Waals surface area contributed by atoms with Gasteiger partial charge in [0.1, 0.15) is 0 Å². The first kappa shape index (κ1) is 20.3. The third-order valence-electron chi connectivity index (χ3n) is 4.68. The highest BCUT2D eigenvalue weighted by Crippen LogP contribution is 2.34. The Hall–Kier alpha value is -2.44. The van der Waals surface area contributed by atoms with Crippen LogP contribution in [0.4, 0.5) is 11.4 Å². The average molecular weight is 422 g/mol. The Morgan fingerprint density at radius 2 is 1.57 bits per heavy atom. The fourth-order valence-corrected chi connectivity index (χ4v) is 3.77. The summed E-state index contributed by atoms with van der Waals surface area (Å²) < 4.78 is 5.10. The quantitative estimate of drug-likeness (QED) is 0.812. The van der Waals surface area contributed by atoms with Crippen LogP contribution in [0.3, 0.4) is 0 Å². The summed E-state index contributed by atoms with van der Waals surface area (Å²) in [7, 11) is 1.47. The van der Waals surface area contributed by atoms with Crippen LogP contribution in [0.5, 0.6) is 5.75 Å². The molecule has 0 aliphatic carbocycles. The molecule has 8 heteroatoms. The van der Waals surface area contributed by atoms with Gasteiger partial charge in [-0.1, -0.05) is 23.2 Å². The molecule has 1 aliphatic heterocycles. The van der Waals surface area contributed by atoms with E-state index in [1.807, 2.05) is 29.2 Å². The fraction of sp³-hybridized carbons (Fsp3) is 0.300. The normalized spacial score (nSPS) is 14.0. The topological polar surface area (TPSA) is 61.9 Å². The van der Waals surface area contributed by atoms with Crippen molar-refractivity contribution in [2.24, 2.45) is 0 Å². The second kappa shape index (κ2) is 8.71. The lowest BCUT2D eigenvalue weighted by Crippen LogP contribution is -2.48. The zero-order valence-corrected chi connectivity index (χ0v) is 17.2. The number of nitrogens with zero attached hydrogens (tertiary/aromatic N) is 2. The lowest BCUT2D eigenvalue weighted by Gasteiger charge is -2.35. The van der Waals surface area contributed by atoms with Crippen LogP contribution in [0.25, 0.3) is 0 Å². The van der Waals surface area contributed by atoms with Gasteiger partial charge in [-0.2, -0.15) is 0 Å². The van der Waals surface area contributed by atoms with Gasteiger partial charge in [0.05, 0.1) is 17.2 Å². The molecule has 0 aromatic heterocycles. The predicted molar refractivity (Wildman–Crippen MR) is 112 cm³/mol. The third kappa shape index (κ3) is 4.51. The Morgan fingerprint density at radius 3 is 2.07 bits per heavy atom. The van der Waals surface area contributed by atoms with E-state index in [1.165, 1.54) is 19.2 Å². The minimum Gasteiger partial charge on any atom is -0.494 e. The van der Waals surface area contributed by atoms with Crippen LogP contribution in [0.2, 0.25) is 10.0 Å². The molecule has 1 N–H and O–H groups in total. The van der Waals surface area contributed by atoms with Crippen molar-refractivity contribution in [3.05, 3.63) is 52.0 Å². The van der Waals surface area contributed by atoms with Crippen LogP contribution in [0.1, 0.15) is 17.3 Å². The maximum Gasteiger partial charge on any atom is 0.255 e. The van der Waals surface area contributed by atoms with E-state index in [0.717, 1.165) is 18.8 Å². The van der Waals surface area contributed by atoms with Gasteiger partial charge < -0.3 is 19.9 Å². The summed E-state index contributed by atoms with van der Waals surface area (Å²) in [5.74, 6) is 0.139. The summed E-state index contributed by atoms with van der Waals surface area (Å²) in [6.45, 7) is 4.60. The summed E-state index contributed by atoms with van der Waals surface area (Å²) >= 11 is 12.2. The number of hydrogen-bond donors (Lipinski definition) is 1. The molecule has 28 heavy (non-hydrogen) atoms. The average Bonchev–Trinajstić information content (AvgIpc) is 2.68. The number of methoxy groups -OCH3 is 1. The zero-order valence-electron chi connectivity index (χ0n) is 15.7. The van der Waals surface area contributed by atoms with E-state index in [4.69, 9.17) is 27.9 Å². The minimum atomic E-state index is -0.311. The molecule has 2 aromatic carbocycles. The smallest absolute Gasteiger partial charge is 0.255 e. The minimum absolute atomic E-state index is 0.108. The summed E-state index contributed by atoms with van der Waals surface area (Å²) in [4.78, 5) is 28.0. The van der Waals surface area contributed by atoms with Crippen molar-refractivity contribution in [3.8, 4) is 5.75 Å². The summed E-state index contributed by atoms with van der Waals surface area (Å²) in [5, 5.41) is 3.39. The number of anilines is 2. The molecule has 1 aliphatic rings. The van der Waals surface area contributed by atoms with Gasteiger partial charge in [0.25, 0.3) is 5.91 Å². The van der Waals surface area contributed by atoms with Gasteiger partial charge in [0.15, 0.2) is 5.75 Å². The molecule has 6 nitrogen and oxygen atoms in total. The number of rotatable bonds is 4. The monoisotopic (exact) mass is 421 g/mol. The molecular formula is C20H21Cl2N3O3. The van der Waals surface area contributed by atoms with Gasteiger partial charge >= 0.3 is 0 Å². The largest absolute Gasteiger partial charge is 0.494 e. The number of carbonyl (C=O) groups excluding carboxylic acids is 2. The standard InChI is InChI=1S/C20H21Cl2N3O3/c1-13(26)24-7-9-25(10-8-24)16-5-3-15(4-6-16)23-20(27)14-11-17(21)19(28-2)18(22)12-14/h3-6,11-12H,7-10H2,1-2H3,(H,23,27). The van der Waals surface area contributed by atoms with Crippen LogP contribution in [0.15, 0.2) is 36.4 Å². The first-order valence-corrected chi connectivity index (χ1v) is 9.59. The molecule has 3 rings (SSSR count). The number of carbonyl (C=O) groups is 2. The molecule has 0 bridgehead atoms. The van der Waals surface area contributed by atoms with Crippen LogP contribution in [-0.4, -0.2) is 50.0 Å². The Bertz CT molecular complexity index is 856. The van der Waals surface area contributed by atoms with Gasteiger partial charge in [-0.15, -0.1) is 0 Å². The highest BCUT2D eigenvalue weighted by molar-refractivity contribution is 6.37. The number of ether oxygens (including phenoxy) is 1. The SMILES string of the molecule is COc1c(Cl)cc(C(=O)Nc2ccc(N3CCN(C(C)=O)CC3)cc2)cc1Cl. The van der Waals surface area contributed by atoms with Gasteiger partial charge in [-0.05, 0) is 36.4 Å². The van der Waals surface area contributed by atoms with E-state index < -0.39 is 0 Å². The van der Waals surface area contributed by atoms with E-state index in [2.05, 4.69) is 10.2 Å². The third-order valence-corrected chi connectivity index (χ3v) is 5.24. The second-order valence-corrected chi connectivity index (χ2v) is 7.28. The molecule has 2 aromatic rings. The predicted octanol–water partition coefficient (Wildman–Crippen LogP) is 3.92. The molecule has 2 amide bonds. The van der Waals surface area contributed by atoms with Crippen LogP contribution in [0, 0.1) is 0 Å². The van der Waals surface area contributed by atoms with Crippen LogP contribution >= 0.6 is 23.2 Å². The van der Waals surface area contributed by atoms with Crippen molar-refractivity contribution >= 4 is 46.4 Å². The molecule has 1 fully saturated rings. The number of halogens is 2. The molecule has 0 spiro atoms. The van der Waals surface area contributed by atoms with Gasteiger partial charge in [0, 0.05) is 50.0 Å². The molecular weight excluding hydrogens is 401 g/mol. The van der Waals surface area contributed by atoms with Crippen molar-refractivity contribution < 1.29 is 14.3 Å². The Labute approximate surface area is 174 Å². The zero-order chi connectivity index (χ0) is 20.3. The number of nitrogens with one attached hydrogen (secondary N) is 1. The maximum atomic E-state index is 12.5. The lowest BCUT2D eigenvalue weighted by atomic mass is 10.2. The number of piperazine rings is 1. The number of benzene rings is 2. The molecule has 148 valence electrons. The van der Waals surface area contributed by atoms with Crippen molar-refractivity contribution in [2.45, 2.75) is 6.92 Å². The lowest BCUT2D eigenvalue weighted by molar-refractivity contribution is -0.129. The van der Waals surface area contributed by atoms with Gasteiger partial charge in [0.2, 0.25) is 5.91 Å². The first-order chi connectivity index (χ1) is 13.4. The van der Waals surface area contributed by atoms with E-state index in [0.29, 0.717) is 30.1 Å². The molecule has 0 radical (unpaired) electrons. The first-order valence-electron chi connectivity index (χ1n) is 8.84. The Kier molecular flexibility index (Phi) is 6.31. The van der Waals surface area contributed by atoms with Crippen molar-refractivity contribution in [2.75, 3.05) is 43.5 Å². The molecule has 0 atom stereocenters. The van der Waals surface area contributed by atoms with Crippen LogP contribution < -0.4 is 15.0 Å². The summed E-state index contributed by atoms with van der Waals surface area (Å²) in [5.41, 5.74) is 2.07. The second-order valence-electron chi connectivity index (χ2n) is 6.47. The molecule has 1 heterocycles. The van der Waals surface area contributed by atoms with Crippen molar-refractivity contribution in [1.29, 1.82) is 0 Å². The summed E-state index contributed by atoms with van der Waals surface area (Å²) in [6.07, 6.45) is 0. The number of hydrogen-bond acceptors (Lipinski definition) is 4. The van der Waals surface area contributed by atoms with Gasteiger partial charge in [-0.25, -0.2) is 0 Å². The van der Waals surface area contributed by atoms with Crippen molar-refractivity contribution in [1.82, 2.24) is 4.90 Å². The molecule has 0 saturated carbocycles. The Morgan fingerprint density at radius 1 is 1.00 bits per heavy atom.